The van der Waals surface area contributed by atoms with Gasteiger partial charge in [0.05, 0.1) is 12.9 Å². The number of amides is 2. The van der Waals surface area contributed by atoms with Crippen molar-refractivity contribution in [3.63, 3.8) is 0 Å². The third kappa shape index (κ3) is 4.80. The van der Waals surface area contributed by atoms with Crippen molar-refractivity contribution in [2.75, 3.05) is 25.2 Å². The normalized spacial score (nSPS) is 10.5. The summed E-state index contributed by atoms with van der Waals surface area (Å²) in [6, 6.07) is 12.7. The first kappa shape index (κ1) is 21.4. The molecule has 2 aromatic carbocycles. The van der Waals surface area contributed by atoms with Gasteiger partial charge in [0.2, 0.25) is 5.91 Å². The zero-order chi connectivity index (χ0) is 21.7. The molecular formula is C21H23N5O3S. The molecule has 2 N–H and O–H groups in total. The molecule has 156 valence electrons. The molecule has 1 aromatic heterocycles. The zero-order valence-electron chi connectivity index (χ0n) is 17.2. The number of carbonyl (C=O) groups is 2. The molecule has 1 heterocycles. The predicted octanol–water partition coefficient (Wildman–Crippen LogP) is 2.98. The van der Waals surface area contributed by atoms with Gasteiger partial charge in [-0.05, 0) is 61.9 Å². The topological polar surface area (TPSA) is 98.1 Å². The second-order valence-electron chi connectivity index (χ2n) is 6.51. The second kappa shape index (κ2) is 9.45. The number of aryl methyl sites for hydroxylation is 2. The number of hydrogen-bond donors (Lipinski definition) is 2. The van der Waals surface area contributed by atoms with Gasteiger partial charge in [-0.15, -0.1) is 10.2 Å². The molecule has 0 saturated heterocycles. The molecule has 3 aromatic rings. The molecule has 0 atom stereocenters. The lowest BCUT2D eigenvalue weighted by atomic mass is 10.1. The Morgan fingerprint density at radius 3 is 2.47 bits per heavy atom. The van der Waals surface area contributed by atoms with Crippen molar-refractivity contribution in [1.82, 2.24) is 20.1 Å². The van der Waals surface area contributed by atoms with Gasteiger partial charge in [0.15, 0.2) is 5.16 Å². The molecule has 0 saturated carbocycles. The summed E-state index contributed by atoms with van der Waals surface area (Å²) in [5.41, 5.74) is 2.92. The molecule has 0 aliphatic carbocycles. The minimum Gasteiger partial charge on any atom is -0.497 e. The van der Waals surface area contributed by atoms with E-state index in [1.54, 1.807) is 32.4 Å². The number of nitrogens with one attached hydrogen (secondary N) is 2. The Balaban J connectivity index is 1.67. The van der Waals surface area contributed by atoms with Gasteiger partial charge in [-0.3, -0.25) is 14.2 Å². The van der Waals surface area contributed by atoms with Gasteiger partial charge < -0.3 is 15.4 Å². The number of carbonyl (C=O) groups excluding carboxylic acids is 2. The highest BCUT2D eigenvalue weighted by Crippen LogP contribution is 2.24. The molecule has 0 radical (unpaired) electrons. The van der Waals surface area contributed by atoms with Crippen LogP contribution in [0.25, 0.3) is 5.69 Å². The number of hydrogen-bond acceptors (Lipinski definition) is 6. The average Bonchev–Trinajstić information content (AvgIpc) is 3.13. The van der Waals surface area contributed by atoms with Crippen LogP contribution in [-0.4, -0.2) is 46.5 Å². The molecule has 0 fully saturated rings. The predicted molar refractivity (Wildman–Crippen MR) is 117 cm³/mol. The molecule has 0 aliphatic rings. The minimum absolute atomic E-state index is 0.167. The molecule has 0 unspecified atom stereocenters. The number of ether oxygens (including phenoxy) is 1. The largest absolute Gasteiger partial charge is 0.497 e. The van der Waals surface area contributed by atoms with E-state index in [1.807, 2.05) is 42.7 Å². The highest BCUT2D eigenvalue weighted by molar-refractivity contribution is 7.99. The summed E-state index contributed by atoms with van der Waals surface area (Å²) >= 11 is 1.30. The van der Waals surface area contributed by atoms with Crippen LogP contribution in [0.15, 0.2) is 47.6 Å². The molecule has 0 bridgehead atoms. The Hall–Kier alpha value is -3.33. The highest BCUT2D eigenvalue weighted by Gasteiger charge is 2.14. The Kier molecular flexibility index (Phi) is 6.73. The van der Waals surface area contributed by atoms with Crippen molar-refractivity contribution in [2.45, 2.75) is 19.0 Å². The number of anilines is 1. The SMILES string of the molecule is CNC(=O)c1ccc(NC(=O)CSc2nnc(C)n2-c2ccc(OC)cc2)c(C)c1. The number of methoxy groups -OCH3 is 1. The maximum atomic E-state index is 12.5. The summed E-state index contributed by atoms with van der Waals surface area (Å²) in [5, 5.41) is 14.4. The number of aromatic nitrogens is 3. The van der Waals surface area contributed by atoms with Gasteiger partial charge in [0, 0.05) is 24.0 Å². The number of rotatable bonds is 7. The molecule has 9 heteroatoms. The van der Waals surface area contributed by atoms with E-state index < -0.39 is 0 Å². The van der Waals surface area contributed by atoms with Crippen LogP contribution in [0.3, 0.4) is 0 Å². The number of thioether (sulfide) groups is 1. The lowest BCUT2D eigenvalue weighted by Gasteiger charge is -2.11. The van der Waals surface area contributed by atoms with Gasteiger partial charge in [-0.2, -0.15) is 0 Å². The summed E-state index contributed by atoms with van der Waals surface area (Å²) in [6.07, 6.45) is 0. The number of nitrogens with zero attached hydrogens (tertiary/aromatic N) is 3. The van der Waals surface area contributed by atoms with E-state index >= 15 is 0 Å². The molecule has 30 heavy (non-hydrogen) atoms. The van der Waals surface area contributed by atoms with Gasteiger partial charge in [0.25, 0.3) is 5.91 Å². The first-order chi connectivity index (χ1) is 14.4. The fraction of sp³-hybridized carbons (Fsp3) is 0.238. The quantitative estimate of drug-likeness (QED) is 0.565. The second-order valence-corrected chi connectivity index (χ2v) is 7.45. The van der Waals surface area contributed by atoms with E-state index in [9.17, 15) is 9.59 Å². The first-order valence-electron chi connectivity index (χ1n) is 9.24. The minimum atomic E-state index is -0.169. The monoisotopic (exact) mass is 425 g/mol. The fourth-order valence-electron chi connectivity index (χ4n) is 2.87. The van der Waals surface area contributed by atoms with E-state index in [-0.39, 0.29) is 17.6 Å². The van der Waals surface area contributed by atoms with Gasteiger partial charge in [0.1, 0.15) is 11.6 Å². The van der Waals surface area contributed by atoms with Crippen molar-refractivity contribution in [3.8, 4) is 11.4 Å². The first-order valence-corrected chi connectivity index (χ1v) is 10.2. The average molecular weight is 426 g/mol. The van der Waals surface area contributed by atoms with E-state index in [2.05, 4.69) is 20.8 Å². The van der Waals surface area contributed by atoms with Gasteiger partial charge >= 0.3 is 0 Å². The van der Waals surface area contributed by atoms with E-state index in [1.165, 1.54) is 11.8 Å². The van der Waals surface area contributed by atoms with E-state index in [0.717, 1.165) is 22.8 Å². The number of benzene rings is 2. The van der Waals surface area contributed by atoms with Crippen molar-refractivity contribution in [2.24, 2.45) is 0 Å². The molecule has 0 aliphatic heterocycles. The maximum absolute atomic E-state index is 12.5. The smallest absolute Gasteiger partial charge is 0.251 e. The summed E-state index contributed by atoms with van der Waals surface area (Å²) in [4.78, 5) is 24.2. The van der Waals surface area contributed by atoms with Crippen molar-refractivity contribution in [1.29, 1.82) is 0 Å². The van der Waals surface area contributed by atoms with Crippen LogP contribution < -0.4 is 15.4 Å². The lowest BCUT2D eigenvalue weighted by Crippen LogP contribution is -2.19. The van der Waals surface area contributed by atoms with Crippen LogP contribution in [0.4, 0.5) is 5.69 Å². The lowest BCUT2D eigenvalue weighted by molar-refractivity contribution is -0.113. The standard InChI is InChI=1S/C21H23N5O3S/c1-13-11-15(20(28)22-3)5-10-18(13)23-19(27)12-30-21-25-24-14(2)26(21)16-6-8-17(29-4)9-7-16/h5-11H,12H2,1-4H3,(H,22,28)(H,23,27). The van der Waals surface area contributed by atoms with Crippen LogP contribution >= 0.6 is 11.8 Å². The molecular weight excluding hydrogens is 402 g/mol. The van der Waals surface area contributed by atoms with Crippen LogP contribution in [0.5, 0.6) is 5.75 Å². The van der Waals surface area contributed by atoms with Crippen LogP contribution in [0, 0.1) is 13.8 Å². The molecule has 8 nitrogen and oxygen atoms in total. The van der Waals surface area contributed by atoms with Crippen molar-refractivity contribution in [3.05, 3.63) is 59.4 Å². The van der Waals surface area contributed by atoms with Crippen molar-refractivity contribution >= 4 is 29.3 Å². The third-order valence-corrected chi connectivity index (χ3v) is 5.38. The van der Waals surface area contributed by atoms with Gasteiger partial charge in [-0.25, -0.2) is 0 Å². The Labute approximate surface area is 179 Å². The van der Waals surface area contributed by atoms with Crippen LogP contribution in [0.2, 0.25) is 0 Å². The van der Waals surface area contributed by atoms with Gasteiger partial charge in [-0.1, -0.05) is 11.8 Å². The van der Waals surface area contributed by atoms with E-state index in [0.29, 0.717) is 16.4 Å². The summed E-state index contributed by atoms with van der Waals surface area (Å²) < 4.78 is 7.09. The van der Waals surface area contributed by atoms with Crippen molar-refractivity contribution < 1.29 is 14.3 Å². The molecule has 2 amide bonds. The van der Waals surface area contributed by atoms with Crippen LogP contribution in [0.1, 0.15) is 21.7 Å². The molecule has 0 spiro atoms. The Bertz CT molecular complexity index is 1060. The fourth-order valence-corrected chi connectivity index (χ4v) is 3.67. The summed E-state index contributed by atoms with van der Waals surface area (Å²) in [6.45, 7) is 3.71. The summed E-state index contributed by atoms with van der Waals surface area (Å²) in [5.74, 6) is 1.32. The zero-order valence-corrected chi connectivity index (χ0v) is 18.0. The maximum Gasteiger partial charge on any atom is 0.251 e. The van der Waals surface area contributed by atoms with E-state index in [4.69, 9.17) is 4.74 Å². The Morgan fingerprint density at radius 2 is 1.83 bits per heavy atom. The summed E-state index contributed by atoms with van der Waals surface area (Å²) in [7, 11) is 3.20. The third-order valence-electron chi connectivity index (χ3n) is 4.45. The molecule has 3 rings (SSSR count). The highest BCUT2D eigenvalue weighted by atomic mass is 32.2. The Morgan fingerprint density at radius 1 is 1.10 bits per heavy atom. The van der Waals surface area contributed by atoms with Crippen LogP contribution in [-0.2, 0) is 4.79 Å².